The van der Waals surface area contributed by atoms with Gasteiger partial charge in [0.05, 0.1) is 0 Å². The van der Waals surface area contributed by atoms with Crippen LogP contribution in [0, 0.1) is 13.8 Å². The van der Waals surface area contributed by atoms with E-state index in [0.717, 1.165) is 11.1 Å². The molecular formula is C8H8Pd. The molecule has 1 rings (SSSR count). The predicted octanol–water partition coefficient (Wildman–Crippen LogP) is 2.05. The average molecular weight is 211 g/mol. The van der Waals surface area contributed by atoms with Gasteiger partial charge in [0.1, 0.15) is 0 Å². The van der Waals surface area contributed by atoms with Crippen LogP contribution in [0.15, 0.2) is 24.3 Å². The van der Waals surface area contributed by atoms with Crippen LogP contribution in [0.25, 0.3) is 0 Å². The van der Waals surface area contributed by atoms with Crippen molar-refractivity contribution in [2.75, 3.05) is 0 Å². The summed E-state index contributed by atoms with van der Waals surface area (Å²) >= 11 is 0. The van der Waals surface area contributed by atoms with Gasteiger partial charge in [-0.25, -0.2) is 12.1 Å². The molecule has 1 aromatic carbocycles. The van der Waals surface area contributed by atoms with Crippen LogP contribution < -0.4 is 0 Å². The van der Waals surface area contributed by atoms with E-state index in [2.05, 4.69) is 13.8 Å². The van der Waals surface area contributed by atoms with Crippen LogP contribution in [0.5, 0.6) is 0 Å². The Balaban J connectivity index is 0.000000640. The molecule has 0 fully saturated rings. The van der Waals surface area contributed by atoms with Gasteiger partial charge in [-0.2, -0.15) is 0 Å². The van der Waals surface area contributed by atoms with E-state index in [1.807, 2.05) is 24.3 Å². The molecule has 0 amide bonds. The number of benzene rings is 1. The fourth-order valence-electron chi connectivity index (χ4n) is 0.557. The van der Waals surface area contributed by atoms with Crippen LogP contribution in [-0.2, 0) is 20.4 Å². The fraction of sp³-hybridized carbons (Fsp3) is 0. The minimum Gasteiger partial charge on any atom is -0.299 e. The summed E-state index contributed by atoms with van der Waals surface area (Å²) in [6, 6.07) is 7.80. The average Bonchev–Trinajstić information content (AvgIpc) is 1.77. The number of hydrogen-bond acceptors (Lipinski definition) is 0. The van der Waals surface area contributed by atoms with Crippen molar-refractivity contribution >= 4 is 0 Å². The molecule has 0 heterocycles. The third-order valence-corrected chi connectivity index (χ3v) is 1.12. The summed E-state index contributed by atoms with van der Waals surface area (Å²) in [6.45, 7) is 7.52. The second kappa shape index (κ2) is 3.61. The molecule has 9 heavy (non-hydrogen) atoms. The van der Waals surface area contributed by atoms with Crippen LogP contribution in [0.3, 0.4) is 0 Å². The summed E-state index contributed by atoms with van der Waals surface area (Å²) in [4.78, 5) is 0. The van der Waals surface area contributed by atoms with Gasteiger partial charge >= 0.3 is 20.4 Å². The molecule has 0 spiro atoms. The van der Waals surface area contributed by atoms with Crippen LogP contribution >= 0.6 is 0 Å². The Kier molecular flexibility index (Phi) is 3.46. The molecule has 0 nitrogen and oxygen atoms in total. The van der Waals surface area contributed by atoms with Crippen LogP contribution in [-0.4, -0.2) is 0 Å². The molecule has 0 aromatic heterocycles. The molecule has 0 saturated carbocycles. The van der Waals surface area contributed by atoms with Crippen LogP contribution in [0.4, 0.5) is 0 Å². The summed E-state index contributed by atoms with van der Waals surface area (Å²) in [6.07, 6.45) is 0. The van der Waals surface area contributed by atoms with Gasteiger partial charge in [-0.05, 0) is 0 Å². The summed E-state index contributed by atoms with van der Waals surface area (Å²) in [5.41, 5.74) is 2.01. The van der Waals surface area contributed by atoms with Gasteiger partial charge < -0.3 is 0 Å². The van der Waals surface area contributed by atoms with Crippen molar-refractivity contribution in [1.29, 1.82) is 0 Å². The maximum atomic E-state index is 3.76. The van der Waals surface area contributed by atoms with Crippen molar-refractivity contribution in [3.05, 3.63) is 49.2 Å². The van der Waals surface area contributed by atoms with Crippen molar-refractivity contribution in [2.24, 2.45) is 0 Å². The van der Waals surface area contributed by atoms with Gasteiger partial charge in [0.2, 0.25) is 0 Å². The monoisotopic (exact) mass is 210 g/mol. The molecule has 1 aromatic rings. The summed E-state index contributed by atoms with van der Waals surface area (Å²) in [5.74, 6) is 0. The van der Waals surface area contributed by atoms with Crippen molar-refractivity contribution < 1.29 is 20.4 Å². The van der Waals surface area contributed by atoms with Gasteiger partial charge in [0.25, 0.3) is 0 Å². The molecule has 0 N–H and O–H groups in total. The number of hydrogen-bond donors (Lipinski definition) is 0. The van der Waals surface area contributed by atoms with Gasteiger partial charge in [-0.1, -0.05) is 0 Å². The molecule has 0 aliphatic heterocycles. The Hall–Kier alpha value is -0.378. The molecule has 0 atom stereocenters. The Morgan fingerprint density at radius 2 is 1.22 bits per heavy atom. The molecular weight excluding hydrogens is 203 g/mol. The molecule has 0 aliphatic carbocycles. The maximum absolute atomic E-state index is 3.76. The first kappa shape index (κ1) is 8.62. The van der Waals surface area contributed by atoms with Crippen molar-refractivity contribution in [1.82, 2.24) is 0 Å². The quantitative estimate of drug-likeness (QED) is 0.454. The Labute approximate surface area is 69.9 Å². The fourth-order valence-corrected chi connectivity index (χ4v) is 0.557. The van der Waals surface area contributed by atoms with E-state index in [9.17, 15) is 0 Å². The Morgan fingerprint density at radius 3 is 1.44 bits per heavy atom. The second-order valence-electron chi connectivity index (χ2n) is 1.77. The van der Waals surface area contributed by atoms with E-state index >= 15 is 0 Å². The zero-order valence-corrected chi connectivity index (χ0v) is 6.59. The molecule has 0 unspecified atom stereocenters. The minimum atomic E-state index is 0. The van der Waals surface area contributed by atoms with E-state index in [1.54, 1.807) is 0 Å². The maximum Gasteiger partial charge on any atom is 2.00 e. The van der Waals surface area contributed by atoms with E-state index in [4.69, 9.17) is 0 Å². The SMILES string of the molecule is [CH2-]c1ccccc1[CH2-].[Pd+2]. The molecule has 0 bridgehead atoms. The summed E-state index contributed by atoms with van der Waals surface area (Å²) < 4.78 is 0. The van der Waals surface area contributed by atoms with Crippen LogP contribution in [0.2, 0.25) is 0 Å². The normalized spacial score (nSPS) is 8.00. The van der Waals surface area contributed by atoms with E-state index < -0.39 is 0 Å². The molecule has 0 radical (unpaired) electrons. The van der Waals surface area contributed by atoms with Crippen molar-refractivity contribution in [2.45, 2.75) is 0 Å². The predicted molar refractivity (Wildman–Crippen MR) is 35.4 cm³/mol. The van der Waals surface area contributed by atoms with Crippen molar-refractivity contribution in [3.8, 4) is 0 Å². The zero-order chi connectivity index (χ0) is 5.98. The summed E-state index contributed by atoms with van der Waals surface area (Å²) in [7, 11) is 0. The first-order chi connectivity index (χ1) is 3.80. The standard InChI is InChI=1S/C8H8.Pd/c1-7-5-3-4-6-8(7)2;/h3-6H,1-2H2;/q-2;+2. The minimum absolute atomic E-state index is 0. The summed E-state index contributed by atoms with van der Waals surface area (Å²) in [5, 5.41) is 0. The van der Waals surface area contributed by atoms with Gasteiger partial charge in [0.15, 0.2) is 0 Å². The molecule has 0 aliphatic rings. The third kappa shape index (κ3) is 2.14. The largest absolute Gasteiger partial charge is 2.00 e. The van der Waals surface area contributed by atoms with E-state index in [1.165, 1.54) is 0 Å². The van der Waals surface area contributed by atoms with E-state index in [-0.39, 0.29) is 20.4 Å². The van der Waals surface area contributed by atoms with E-state index in [0.29, 0.717) is 0 Å². The topological polar surface area (TPSA) is 0 Å². The van der Waals surface area contributed by atoms with Gasteiger partial charge in [0, 0.05) is 0 Å². The molecule has 0 saturated heterocycles. The first-order valence-corrected chi connectivity index (χ1v) is 2.53. The zero-order valence-electron chi connectivity index (χ0n) is 5.04. The number of rotatable bonds is 0. The smallest absolute Gasteiger partial charge is 0.299 e. The molecule has 50 valence electrons. The van der Waals surface area contributed by atoms with Gasteiger partial charge in [-0.15, -0.1) is 12.1 Å². The Bertz CT molecular complexity index is 161. The molecule has 1 heteroatoms. The first-order valence-electron chi connectivity index (χ1n) is 2.53. The van der Waals surface area contributed by atoms with Crippen LogP contribution in [0.1, 0.15) is 11.1 Å². The van der Waals surface area contributed by atoms with Crippen molar-refractivity contribution in [3.63, 3.8) is 0 Å². The second-order valence-corrected chi connectivity index (χ2v) is 1.77. The van der Waals surface area contributed by atoms with Gasteiger partial charge in [-0.3, -0.25) is 25.0 Å². The third-order valence-electron chi connectivity index (χ3n) is 1.12. The Morgan fingerprint density at radius 1 is 0.889 bits per heavy atom.